The third kappa shape index (κ3) is 3.94. The Balaban J connectivity index is 1.79. The largest absolute Gasteiger partial charge is 0.339 e. The summed E-state index contributed by atoms with van der Waals surface area (Å²) in [5.74, 6) is 0.307. The second kappa shape index (κ2) is 6.89. The van der Waals surface area contributed by atoms with Crippen molar-refractivity contribution in [2.75, 3.05) is 10.6 Å². The van der Waals surface area contributed by atoms with Gasteiger partial charge in [0.1, 0.15) is 5.82 Å². The lowest BCUT2D eigenvalue weighted by Gasteiger charge is -2.09. The first kappa shape index (κ1) is 15.6. The van der Waals surface area contributed by atoms with Crippen molar-refractivity contribution >= 4 is 50.7 Å². The molecule has 0 fully saturated rings. The van der Waals surface area contributed by atoms with E-state index in [1.807, 2.05) is 24.3 Å². The molecule has 3 aromatic rings. The summed E-state index contributed by atoms with van der Waals surface area (Å²) in [6.07, 6.45) is 1.46. The van der Waals surface area contributed by atoms with Crippen molar-refractivity contribution in [3.05, 3.63) is 64.0 Å². The van der Waals surface area contributed by atoms with Gasteiger partial charge in [0, 0.05) is 10.2 Å². The van der Waals surface area contributed by atoms with Crippen LogP contribution in [0.25, 0.3) is 0 Å². The number of para-hydroxylation sites is 1. The molecule has 116 valence electrons. The molecule has 23 heavy (non-hydrogen) atoms. The molecule has 0 spiro atoms. The van der Waals surface area contributed by atoms with Gasteiger partial charge < -0.3 is 10.6 Å². The molecule has 2 N–H and O–H groups in total. The molecule has 2 aromatic carbocycles. The highest BCUT2D eigenvalue weighted by Crippen LogP contribution is 2.25. The van der Waals surface area contributed by atoms with E-state index < -0.39 is 5.82 Å². The van der Waals surface area contributed by atoms with Crippen LogP contribution >= 0.6 is 27.5 Å². The van der Waals surface area contributed by atoms with Crippen LogP contribution < -0.4 is 10.6 Å². The Morgan fingerprint density at radius 1 is 1.09 bits per heavy atom. The minimum Gasteiger partial charge on any atom is -0.339 e. The first-order valence-electron chi connectivity index (χ1n) is 6.55. The molecule has 5 nitrogen and oxygen atoms in total. The van der Waals surface area contributed by atoms with Crippen LogP contribution in [0.1, 0.15) is 0 Å². The fraction of sp³-hybridized carbons (Fsp3) is 0. The first-order chi connectivity index (χ1) is 11.1. The minimum absolute atomic E-state index is 0.0311. The molecule has 0 saturated carbocycles. The highest BCUT2D eigenvalue weighted by molar-refractivity contribution is 9.10. The van der Waals surface area contributed by atoms with Crippen molar-refractivity contribution in [3.8, 4) is 0 Å². The molecular weight excluding hydrogens is 385 g/mol. The molecule has 0 radical (unpaired) electrons. The van der Waals surface area contributed by atoms with E-state index in [2.05, 4.69) is 41.7 Å². The number of aromatic nitrogens is 3. The quantitative estimate of drug-likeness (QED) is 0.658. The van der Waals surface area contributed by atoms with Crippen LogP contribution in [-0.4, -0.2) is 15.2 Å². The lowest BCUT2D eigenvalue weighted by Crippen LogP contribution is -2.02. The Morgan fingerprint density at radius 2 is 1.91 bits per heavy atom. The molecule has 0 aliphatic carbocycles. The van der Waals surface area contributed by atoms with Crippen LogP contribution in [0, 0.1) is 5.82 Å². The summed E-state index contributed by atoms with van der Waals surface area (Å²) >= 11 is 9.19. The zero-order valence-corrected chi connectivity index (χ0v) is 13.9. The van der Waals surface area contributed by atoms with Crippen molar-refractivity contribution in [2.45, 2.75) is 0 Å². The van der Waals surface area contributed by atoms with Crippen molar-refractivity contribution in [2.24, 2.45) is 0 Å². The van der Waals surface area contributed by atoms with Crippen LogP contribution in [0.5, 0.6) is 0 Å². The molecule has 0 atom stereocenters. The van der Waals surface area contributed by atoms with E-state index in [1.165, 1.54) is 18.3 Å². The number of hydrogen-bond acceptors (Lipinski definition) is 5. The Kier molecular flexibility index (Phi) is 4.68. The summed E-state index contributed by atoms with van der Waals surface area (Å²) < 4.78 is 14.1. The maximum atomic E-state index is 13.2. The fourth-order valence-electron chi connectivity index (χ4n) is 1.82. The van der Waals surface area contributed by atoms with Gasteiger partial charge in [-0.15, -0.1) is 5.10 Å². The molecule has 0 aliphatic rings. The average Bonchev–Trinajstić information content (AvgIpc) is 2.54. The van der Waals surface area contributed by atoms with Gasteiger partial charge in [-0.2, -0.15) is 10.1 Å². The standard InChI is InChI=1S/C15H10BrClFN5/c16-10-3-1-2-4-13(10)21-15-22-14(8-19-23-15)20-9-5-6-12(18)11(17)7-9/h1-8H,(H2,20,21,22,23). The number of nitrogens with one attached hydrogen (secondary N) is 2. The van der Waals surface area contributed by atoms with Gasteiger partial charge in [0.05, 0.1) is 16.9 Å². The van der Waals surface area contributed by atoms with Crippen LogP contribution in [0.4, 0.5) is 27.5 Å². The topological polar surface area (TPSA) is 62.7 Å². The van der Waals surface area contributed by atoms with Gasteiger partial charge in [0.15, 0.2) is 5.82 Å². The molecule has 0 amide bonds. The zero-order chi connectivity index (χ0) is 16.2. The molecular formula is C15H10BrClFN5. The summed E-state index contributed by atoms with van der Waals surface area (Å²) in [5.41, 5.74) is 1.42. The molecule has 1 aromatic heterocycles. The monoisotopic (exact) mass is 393 g/mol. The molecule has 8 heteroatoms. The van der Waals surface area contributed by atoms with Gasteiger partial charge in [0.2, 0.25) is 5.95 Å². The number of halogens is 3. The summed E-state index contributed by atoms with van der Waals surface area (Å²) in [6.45, 7) is 0. The minimum atomic E-state index is -0.477. The number of hydrogen-bond donors (Lipinski definition) is 2. The number of anilines is 4. The number of benzene rings is 2. The predicted octanol–water partition coefficient (Wildman–Crippen LogP) is 4.91. The molecule has 0 bridgehead atoms. The molecule has 1 heterocycles. The van der Waals surface area contributed by atoms with Gasteiger partial charge in [-0.05, 0) is 46.3 Å². The Bertz CT molecular complexity index is 846. The Morgan fingerprint density at radius 3 is 2.70 bits per heavy atom. The number of rotatable bonds is 4. The van der Waals surface area contributed by atoms with E-state index >= 15 is 0 Å². The lowest BCUT2D eigenvalue weighted by molar-refractivity contribution is 0.628. The third-order valence-corrected chi connectivity index (χ3v) is 3.85. The van der Waals surface area contributed by atoms with E-state index in [9.17, 15) is 4.39 Å². The maximum Gasteiger partial charge on any atom is 0.249 e. The Hall–Kier alpha value is -2.25. The van der Waals surface area contributed by atoms with E-state index in [0.29, 0.717) is 17.5 Å². The van der Waals surface area contributed by atoms with E-state index in [-0.39, 0.29) is 5.02 Å². The van der Waals surface area contributed by atoms with E-state index in [4.69, 9.17) is 11.6 Å². The SMILES string of the molecule is Fc1ccc(Nc2cnnc(Nc3ccccc3Br)n2)cc1Cl. The molecule has 0 aliphatic heterocycles. The zero-order valence-electron chi connectivity index (χ0n) is 11.6. The second-order valence-corrected chi connectivity index (χ2v) is 5.79. The third-order valence-electron chi connectivity index (χ3n) is 2.87. The normalized spacial score (nSPS) is 10.4. The average molecular weight is 395 g/mol. The summed E-state index contributed by atoms with van der Waals surface area (Å²) in [5, 5.41) is 13.9. The van der Waals surface area contributed by atoms with Crippen molar-refractivity contribution < 1.29 is 4.39 Å². The predicted molar refractivity (Wildman–Crippen MR) is 91.9 cm³/mol. The Labute approximate surface area is 145 Å². The smallest absolute Gasteiger partial charge is 0.249 e. The van der Waals surface area contributed by atoms with Gasteiger partial charge in [-0.1, -0.05) is 23.7 Å². The number of nitrogens with zero attached hydrogens (tertiary/aromatic N) is 3. The van der Waals surface area contributed by atoms with Crippen LogP contribution in [0.3, 0.4) is 0 Å². The van der Waals surface area contributed by atoms with Crippen molar-refractivity contribution in [3.63, 3.8) is 0 Å². The van der Waals surface area contributed by atoms with Gasteiger partial charge in [-0.3, -0.25) is 0 Å². The molecule has 0 unspecified atom stereocenters. The van der Waals surface area contributed by atoms with E-state index in [1.54, 1.807) is 6.07 Å². The van der Waals surface area contributed by atoms with Crippen molar-refractivity contribution in [1.29, 1.82) is 0 Å². The second-order valence-electron chi connectivity index (χ2n) is 4.52. The molecule has 0 saturated heterocycles. The van der Waals surface area contributed by atoms with Gasteiger partial charge >= 0.3 is 0 Å². The van der Waals surface area contributed by atoms with Crippen molar-refractivity contribution in [1.82, 2.24) is 15.2 Å². The van der Waals surface area contributed by atoms with Gasteiger partial charge in [0.25, 0.3) is 0 Å². The van der Waals surface area contributed by atoms with Crippen LogP contribution in [0.2, 0.25) is 5.02 Å². The summed E-state index contributed by atoms with van der Waals surface area (Å²) in [6, 6.07) is 11.9. The maximum absolute atomic E-state index is 13.2. The first-order valence-corrected chi connectivity index (χ1v) is 7.72. The highest BCUT2D eigenvalue weighted by Gasteiger charge is 2.06. The fourth-order valence-corrected chi connectivity index (χ4v) is 2.39. The summed E-state index contributed by atoms with van der Waals surface area (Å²) in [4.78, 5) is 4.30. The highest BCUT2D eigenvalue weighted by atomic mass is 79.9. The molecule has 3 rings (SSSR count). The lowest BCUT2D eigenvalue weighted by atomic mass is 10.3. The summed E-state index contributed by atoms with van der Waals surface area (Å²) in [7, 11) is 0. The van der Waals surface area contributed by atoms with Crippen LogP contribution in [0.15, 0.2) is 53.1 Å². The van der Waals surface area contributed by atoms with Crippen LogP contribution in [-0.2, 0) is 0 Å². The van der Waals surface area contributed by atoms with E-state index in [0.717, 1.165) is 10.2 Å². The van der Waals surface area contributed by atoms with Gasteiger partial charge in [-0.25, -0.2) is 4.39 Å².